The number of aromatic nitrogens is 1. The largest absolute Gasteiger partial charge is 0.343 e. The highest BCUT2D eigenvalue weighted by Gasteiger charge is 2.04. The van der Waals surface area contributed by atoms with Gasteiger partial charge in [0.05, 0.1) is 0 Å². The molecule has 1 aromatic heterocycles. The van der Waals surface area contributed by atoms with Crippen LogP contribution in [-0.4, -0.2) is 4.57 Å². The van der Waals surface area contributed by atoms with Crippen LogP contribution >= 0.6 is 11.6 Å². The van der Waals surface area contributed by atoms with Gasteiger partial charge in [0, 0.05) is 23.3 Å². The minimum Gasteiger partial charge on any atom is -0.343 e. The lowest BCUT2D eigenvalue weighted by molar-refractivity contribution is 0.837. The van der Waals surface area contributed by atoms with Gasteiger partial charge in [-0.25, -0.2) is 0 Å². The van der Waals surface area contributed by atoms with Gasteiger partial charge in [-0.2, -0.15) is 0 Å². The average molecular weight is 270 g/mol. The van der Waals surface area contributed by atoms with Gasteiger partial charge in [0.1, 0.15) is 0 Å². The summed E-state index contributed by atoms with van der Waals surface area (Å²) in [6.45, 7) is 3.00. The molecule has 0 N–H and O–H groups in total. The lowest BCUT2D eigenvalue weighted by Crippen LogP contribution is -1.98. The molecule has 0 unspecified atom stereocenters. The molecule has 0 spiro atoms. The molecule has 2 aromatic carbocycles. The van der Waals surface area contributed by atoms with Crippen LogP contribution in [0.5, 0.6) is 0 Å². The molecule has 0 aliphatic rings. The number of hydrogen-bond donors (Lipinski definition) is 0. The molecule has 0 aliphatic heterocycles. The summed E-state index contributed by atoms with van der Waals surface area (Å²) >= 11 is 6.23. The van der Waals surface area contributed by atoms with E-state index in [-0.39, 0.29) is 0 Å². The standard InChI is InChI=1S/C17H16ClN/c1-2-13-7-8-17-14(11-13)9-10-19(17)12-15-5-3-4-6-16(15)18/h3-11H,2,12H2,1H3. The molecule has 0 fully saturated rings. The van der Waals surface area contributed by atoms with Crippen molar-refractivity contribution in [3.63, 3.8) is 0 Å². The predicted molar refractivity (Wildman–Crippen MR) is 81.9 cm³/mol. The van der Waals surface area contributed by atoms with Crippen molar-refractivity contribution in [2.45, 2.75) is 19.9 Å². The number of halogens is 1. The smallest absolute Gasteiger partial charge is 0.0490 e. The Balaban J connectivity index is 2.00. The van der Waals surface area contributed by atoms with E-state index in [0.717, 1.165) is 23.6 Å². The lowest BCUT2D eigenvalue weighted by atomic mass is 10.1. The zero-order chi connectivity index (χ0) is 13.2. The highest BCUT2D eigenvalue weighted by molar-refractivity contribution is 6.31. The van der Waals surface area contributed by atoms with Crippen LogP contribution in [0.2, 0.25) is 5.02 Å². The van der Waals surface area contributed by atoms with Gasteiger partial charge in [-0.3, -0.25) is 0 Å². The maximum atomic E-state index is 6.23. The Hall–Kier alpha value is -1.73. The first-order valence-corrected chi connectivity index (χ1v) is 6.97. The molecule has 0 atom stereocenters. The molecule has 2 heteroatoms. The Morgan fingerprint density at radius 3 is 2.68 bits per heavy atom. The summed E-state index contributed by atoms with van der Waals surface area (Å²) in [5.41, 5.74) is 3.79. The van der Waals surface area contributed by atoms with Crippen molar-refractivity contribution in [1.29, 1.82) is 0 Å². The third-order valence-corrected chi connectivity index (χ3v) is 3.91. The van der Waals surface area contributed by atoms with Crippen LogP contribution in [0.25, 0.3) is 10.9 Å². The molecule has 1 heterocycles. The number of rotatable bonds is 3. The minimum absolute atomic E-state index is 0.814. The lowest BCUT2D eigenvalue weighted by Gasteiger charge is -2.08. The van der Waals surface area contributed by atoms with E-state index in [0.29, 0.717) is 0 Å². The van der Waals surface area contributed by atoms with Gasteiger partial charge in [0.25, 0.3) is 0 Å². The maximum Gasteiger partial charge on any atom is 0.0490 e. The molecule has 3 aromatic rings. The normalized spacial score (nSPS) is 11.1. The minimum atomic E-state index is 0.814. The highest BCUT2D eigenvalue weighted by Crippen LogP contribution is 2.22. The molecule has 3 rings (SSSR count). The van der Waals surface area contributed by atoms with Crippen molar-refractivity contribution in [2.75, 3.05) is 0 Å². The van der Waals surface area contributed by atoms with Crippen LogP contribution in [0.4, 0.5) is 0 Å². The number of hydrogen-bond acceptors (Lipinski definition) is 0. The van der Waals surface area contributed by atoms with Crippen LogP contribution in [0, 0.1) is 0 Å². The van der Waals surface area contributed by atoms with Crippen LogP contribution in [0.15, 0.2) is 54.7 Å². The Bertz CT molecular complexity index is 712. The Morgan fingerprint density at radius 2 is 1.89 bits per heavy atom. The summed E-state index contributed by atoms with van der Waals surface area (Å²) in [4.78, 5) is 0. The van der Waals surface area contributed by atoms with Gasteiger partial charge >= 0.3 is 0 Å². The number of benzene rings is 2. The van der Waals surface area contributed by atoms with Gasteiger partial charge in [0.15, 0.2) is 0 Å². The van der Waals surface area contributed by atoms with E-state index in [1.165, 1.54) is 16.5 Å². The fourth-order valence-corrected chi connectivity index (χ4v) is 2.61. The van der Waals surface area contributed by atoms with Crippen LogP contribution in [0.3, 0.4) is 0 Å². The second-order valence-electron chi connectivity index (χ2n) is 4.78. The number of fused-ring (bicyclic) bond motifs is 1. The van der Waals surface area contributed by atoms with Gasteiger partial charge in [-0.15, -0.1) is 0 Å². The first kappa shape index (κ1) is 12.3. The molecule has 0 saturated heterocycles. The van der Waals surface area contributed by atoms with E-state index >= 15 is 0 Å². The zero-order valence-electron chi connectivity index (χ0n) is 10.9. The van der Waals surface area contributed by atoms with E-state index < -0.39 is 0 Å². The molecule has 0 amide bonds. The summed E-state index contributed by atoms with van der Waals surface area (Å²) in [6, 6.07) is 16.8. The monoisotopic (exact) mass is 269 g/mol. The SMILES string of the molecule is CCc1ccc2c(ccn2Cc2ccccc2Cl)c1. The maximum absolute atomic E-state index is 6.23. The fourth-order valence-electron chi connectivity index (χ4n) is 2.42. The summed E-state index contributed by atoms with van der Waals surface area (Å²) < 4.78 is 2.25. The summed E-state index contributed by atoms with van der Waals surface area (Å²) in [5.74, 6) is 0. The Labute approximate surface area is 118 Å². The topological polar surface area (TPSA) is 4.93 Å². The Kier molecular flexibility index (Phi) is 3.31. The van der Waals surface area contributed by atoms with Crippen molar-refractivity contribution in [2.24, 2.45) is 0 Å². The van der Waals surface area contributed by atoms with Gasteiger partial charge in [-0.1, -0.05) is 42.8 Å². The summed E-state index contributed by atoms with van der Waals surface area (Å²) in [6.07, 6.45) is 3.21. The molecular formula is C17H16ClN. The molecular weight excluding hydrogens is 254 g/mol. The molecule has 0 aliphatic carbocycles. The fraction of sp³-hybridized carbons (Fsp3) is 0.176. The third kappa shape index (κ3) is 2.39. The molecule has 1 nitrogen and oxygen atoms in total. The highest BCUT2D eigenvalue weighted by atomic mass is 35.5. The number of nitrogens with zero attached hydrogens (tertiary/aromatic N) is 1. The van der Waals surface area contributed by atoms with Gasteiger partial charge in [0.2, 0.25) is 0 Å². The third-order valence-electron chi connectivity index (χ3n) is 3.54. The quantitative estimate of drug-likeness (QED) is 0.637. The van der Waals surface area contributed by atoms with Crippen molar-refractivity contribution in [1.82, 2.24) is 4.57 Å². The zero-order valence-corrected chi connectivity index (χ0v) is 11.7. The van der Waals surface area contributed by atoms with Crippen molar-refractivity contribution >= 4 is 22.5 Å². The van der Waals surface area contributed by atoms with E-state index in [1.54, 1.807) is 0 Å². The van der Waals surface area contributed by atoms with Gasteiger partial charge < -0.3 is 4.57 Å². The predicted octanol–water partition coefficient (Wildman–Crippen LogP) is 4.91. The summed E-state index contributed by atoms with van der Waals surface area (Å²) in [5, 5.41) is 2.13. The van der Waals surface area contributed by atoms with E-state index in [2.05, 4.69) is 48.0 Å². The van der Waals surface area contributed by atoms with Crippen molar-refractivity contribution in [3.8, 4) is 0 Å². The second kappa shape index (κ2) is 5.10. The van der Waals surface area contributed by atoms with Crippen molar-refractivity contribution in [3.05, 3.63) is 70.9 Å². The van der Waals surface area contributed by atoms with Crippen LogP contribution in [-0.2, 0) is 13.0 Å². The number of aryl methyl sites for hydroxylation is 1. The van der Waals surface area contributed by atoms with E-state index in [9.17, 15) is 0 Å². The molecule has 0 saturated carbocycles. The van der Waals surface area contributed by atoms with Gasteiger partial charge in [-0.05, 0) is 47.2 Å². The first-order valence-electron chi connectivity index (χ1n) is 6.59. The average Bonchev–Trinajstić information content (AvgIpc) is 2.83. The first-order chi connectivity index (χ1) is 9.28. The van der Waals surface area contributed by atoms with Crippen LogP contribution < -0.4 is 0 Å². The Morgan fingerprint density at radius 1 is 1.05 bits per heavy atom. The van der Waals surface area contributed by atoms with E-state index in [4.69, 9.17) is 11.6 Å². The van der Waals surface area contributed by atoms with Crippen molar-refractivity contribution < 1.29 is 0 Å². The molecule has 19 heavy (non-hydrogen) atoms. The molecule has 96 valence electrons. The van der Waals surface area contributed by atoms with E-state index in [1.807, 2.05) is 18.2 Å². The second-order valence-corrected chi connectivity index (χ2v) is 5.19. The molecule has 0 radical (unpaired) electrons. The summed E-state index contributed by atoms with van der Waals surface area (Å²) in [7, 11) is 0. The van der Waals surface area contributed by atoms with Crippen LogP contribution in [0.1, 0.15) is 18.1 Å². The molecule has 0 bridgehead atoms.